The molecule has 37 heavy (non-hydrogen) atoms. The average Bonchev–Trinajstić information content (AvgIpc) is 3.67. The lowest BCUT2D eigenvalue weighted by molar-refractivity contribution is -0.133. The first-order valence-corrected chi connectivity index (χ1v) is 13.7. The molecule has 1 atom stereocenters. The van der Waals surface area contributed by atoms with Gasteiger partial charge in [0.05, 0.1) is 34.4 Å². The second-order valence-corrected chi connectivity index (χ2v) is 10.5. The summed E-state index contributed by atoms with van der Waals surface area (Å²) >= 11 is 7.98. The summed E-state index contributed by atoms with van der Waals surface area (Å²) in [6, 6.07) is 14.7. The minimum Gasteiger partial charge on any atom is -0.379 e. The third kappa shape index (κ3) is 5.80. The predicted molar refractivity (Wildman–Crippen MR) is 145 cm³/mol. The first-order valence-electron chi connectivity index (χ1n) is 12.4. The van der Waals surface area contributed by atoms with Gasteiger partial charge in [-0.15, -0.1) is 11.3 Å². The molecule has 2 amide bonds. The molecule has 2 aliphatic rings. The highest BCUT2D eigenvalue weighted by atomic mass is 35.5. The molecule has 3 aromatic rings. The Bertz CT molecular complexity index is 1270. The number of benzene rings is 1. The van der Waals surface area contributed by atoms with Crippen molar-refractivity contribution in [2.45, 2.75) is 12.5 Å². The van der Waals surface area contributed by atoms with Crippen LogP contribution in [0.4, 0.5) is 0 Å². The Balaban J connectivity index is 1.40. The largest absolute Gasteiger partial charge is 0.379 e. The number of amides is 2. The second kappa shape index (κ2) is 11.6. The summed E-state index contributed by atoms with van der Waals surface area (Å²) in [5, 5.41) is 8.71. The molecule has 1 aromatic carbocycles. The van der Waals surface area contributed by atoms with Crippen LogP contribution in [0.3, 0.4) is 0 Å². The molecule has 0 radical (unpaired) electrons. The topological polar surface area (TPSA) is 70.4 Å². The van der Waals surface area contributed by atoms with Crippen molar-refractivity contribution >= 4 is 40.5 Å². The molecule has 0 saturated carbocycles. The van der Waals surface area contributed by atoms with E-state index in [0.29, 0.717) is 43.3 Å². The number of carbonyl (C=O) groups excluding carboxylic acids is 2. The summed E-state index contributed by atoms with van der Waals surface area (Å²) in [4.78, 5) is 32.3. The molecule has 2 aliphatic heterocycles. The highest BCUT2D eigenvalue weighted by Crippen LogP contribution is 2.34. The van der Waals surface area contributed by atoms with Gasteiger partial charge in [-0.25, -0.2) is 5.01 Å². The molecule has 0 spiro atoms. The number of rotatable bonds is 8. The van der Waals surface area contributed by atoms with Gasteiger partial charge in [0.1, 0.15) is 12.6 Å². The van der Waals surface area contributed by atoms with Crippen LogP contribution in [0.1, 0.15) is 33.4 Å². The molecular formula is C27H30ClN5O3S. The lowest BCUT2D eigenvalue weighted by Crippen LogP contribution is -2.46. The van der Waals surface area contributed by atoms with E-state index in [-0.39, 0.29) is 24.4 Å². The van der Waals surface area contributed by atoms with Gasteiger partial charge in [0.25, 0.3) is 11.8 Å². The smallest absolute Gasteiger partial charge is 0.262 e. The highest BCUT2D eigenvalue weighted by Gasteiger charge is 2.36. The summed E-state index contributed by atoms with van der Waals surface area (Å²) in [6.07, 6.45) is 2.59. The van der Waals surface area contributed by atoms with Gasteiger partial charge >= 0.3 is 0 Å². The molecule has 0 aliphatic carbocycles. The van der Waals surface area contributed by atoms with E-state index in [9.17, 15) is 9.59 Å². The number of hydrogen-bond donors (Lipinski definition) is 0. The second-order valence-electron chi connectivity index (χ2n) is 9.19. The van der Waals surface area contributed by atoms with Gasteiger partial charge in [-0.05, 0) is 35.7 Å². The average molecular weight is 540 g/mol. The van der Waals surface area contributed by atoms with Crippen LogP contribution >= 0.6 is 22.9 Å². The molecule has 4 heterocycles. The van der Waals surface area contributed by atoms with E-state index in [2.05, 4.69) is 4.90 Å². The molecule has 5 rings (SSSR count). The molecule has 1 saturated heterocycles. The normalized spacial score (nSPS) is 18.2. The molecule has 194 valence electrons. The van der Waals surface area contributed by atoms with Gasteiger partial charge in [-0.2, -0.15) is 5.10 Å². The van der Waals surface area contributed by atoms with E-state index in [4.69, 9.17) is 21.4 Å². The van der Waals surface area contributed by atoms with Crippen LogP contribution < -0.4 is 0 Å². The fourth-order valence-corrected chi connectivity index (χ4v) is 5.70. The van der Waals surface area contributed by atoms with Crippen molar-refractivity contribution in [1.29, 1.82) is 0 Å². The lowest BCUT2D eigenvalue weighted by atomic mass is 10.1. The van der Waals surface area contributed by atoms with Crippen LogP contribution in [0.25, 0.3) is 0 Å². The summed E-state index contributed by atoms with van der Waals surface area (Å²) < 4.78 is 7.47. The van der Waals surface area contributed by atoms with E-state index in [0.717, 1.165) is 29.4 Å². The Kier molecular flexibility index (Phi) is 8.05. The lowest BCUT2D eigenvalue weighted by Gasteiger charge is -2.31. The fraction of sp³-hybridized carbons (Fsp3) is 0.370. The van der Waals surface area contributed by atoms with E-state index in [1.807, 2.05) is 47.5 Å². The van der Waals surface area contributed by atoms with Crippen LogP contribution in [-0.2, 0) is 16.6 Å². The zero-order chi connectivity index (χ0) is 25.8. The monoisotopic (exact) mass is 539 g/mol. The van der Waals surface area contributed by atoms with Crippen molar-refractivity contribution in [2.24, 2.45) is 12.1 Å². The van der Waals surface area contributed by atoms with Crippen molar-refractivity contribution in [3.05, 3.63) is 81.3 Å². The van der Waals surface area contributed by atoms with Crippen molar-refractivity contribution < 1.29 is 14.3 Å². The summed E-state index contributed by atoms with van der Waals surface area (Å²) in [6.45, 7) is 3.91. The number of aryl methyl sites for hydroxylation is 1. The van der Waals surface area contributed by atoms with Gasteiger partial charge < -0.3 is 14.2 Å². The Morgan fingerprint density at radius 2 is 1.95 bits per heavy atom. The summed E-state index contributed by atoms with van der Waals surface area (Å²) in [7, 11) is 1.97. The van der Waals surface area contributed by atoms with Crippen LogP contribution in [-0.4, -0.2) is 82.8 Å². The van der Waals surface area contributed by atoms with Crippen LogP contribution in [0, 0.1) is 0 Å². The van der Waals surface area contributed by atoms with Crippen LogP contribution in [0.5, 0.6) is 0 Å². The van der Waals surface area contributed by atoms with Gasteiger partial charge in [0, 0.05) is 51.5 Å². The van der Waals surface area contributed by atoms with Crippen molar-refractivity contribution in [2.75, 3.05) is 45.9 Å². The van der Waals surface area contributed by atoms with Gasteiger partial charge in [-0.3, -0.25) is 14.5 Å². The number of halogens is 1. The number of hydrazone groups is 1. The number of hydrogen-bond acceptors (Lipinski definition) is 6. The summed E-state index contributed by atoms with van der Waals surface area (Å²) in [5.74, 6) is -0.482. The first kappa shape index (κ1) is 25.7. The molecule has 2 aromatic heterocycles. The Morgan fingerprint density at radius 1 is 1.14 bits per heavy atom. The number of aromatic nitrogens is 1. The molecule has 0 bridgehead atoms. The Hall–Kier alpha value is -2.98. The van der Waals surface area contributed by atoms with Gasteiger partial charge in [-0.1, -0.05) is 29.8 Å². The van der Waals surface area contributed by atoms with E-state index < -0.39 is 0 Å². The Morgan fingerprint density at radius 3 is 2.65 bits per heavy atom. The quantitative estimate of drug-likeness (QED) is 0.435. The molecular weight excluding hydrogens is 510 g/mol. The minimum atomic E-state index is -0.260. The van der Waals surface area contributed by atoms with Crippen LogP contribution in [0.15, 0.2) is 65.2 Å². The van der Waals surface area contributed by atoms with E-state index in [1.54, 1.807) is 45.5 Å². The standard InChI is InChI=1S/C27H30ClN5O3S/c1-30-10-4-8-23(30)24-18-22(25-9-5-17-37-25)29-33(24)26(34)19-32(12-11-31-13-15-36-16-14-31)27(35)20-6-2-3-7-21(20)28/h2-10,17,24H,11-16,18-19H2,1H3. The van der Waals surface area contributed by atoms with Crippen LogP contribution in [0.2, 0.25) is 5.02 Å². The molecule has 1 unspecified atom stereocenters. The SMILES string of the molecule is Cn1cccc1C1CC(c2cccs2)=NN1C(=O)CN(CCN1CCOCC1)C(=O)c1ccccc1Cl. The minimum absolute atomic E-state index is 0.0868. The maximum Gasteiger partial charge on any atom is 0.262 e. The van der Waals surface area contributed by atoms with Crippen molar-refractivity contribution in [3.8, 4) is 0 Å². The fourth-order valence-electron chi connectivity index (χ4n) is 4.76. The molecule has 0 N–H and O–H groups in total. The number of carbonyl (C=O) groups is 2. The third-order valence-corrected chi connectivity index (χ3v) is 8.05. The van der Waals surface area contributed by atoms with E-state index >= 15 is 0 Å². The first-order chi connectivity index (χ1) is 18.0. The van der Waals surface area contributed by atoms with Crippen molar-refractivity contribution in [3.63, 3.8) is 0 Å². The zero-order valence-electron chi connectivity index (χ0n) is 20.8. The molecule has 8 nitrogen and oxygen atoms in total. The van der Waals surface area contributed by atoms with E-state index in [1.165, 1.54) is 0 Å². The third-order valence-electron chi connectivity index (χ3n) is 6.80. The zero-order valence-corrected chi connectivity index (χ0v) is 22.3. The number of nitrogens with zero attached hydrogens (tertiary/aromatic N) is 5. The molecule has 10 heteroatoms. The van der Waals surface area contributed by atoms with Gasteiger partial charge in [0.15, 0.2) is 0 Å². The van der Waals surface area contributed by atoms with Crippen molar-refractivity contribution in [1.82, 2.24) is 19.4 Å². The summed E-state index contributed by atoms with van der Waals surface area (Å²) in [5.41, 5.74) is 2.27. The predicted octanol–water partition coefficient (Wildman–Crippen LogP) is 3.89. The maximum absolute atomic E-state index is 13.8. The number of thiophene rings is 1. The number of morpholine rings is 1. The molecule has 1 fully saturated rings. The maximum atomic E-state index is 13.8. The number of ether oxygens (including phenoxy) is 1. The van der Waals surface area contributed by atoms with Gasteiger partial charge in [0.2, 0.25) is 0 Å². The Labute approximate surface area is 225 Å². The highest BCUT2D eigenvalue weighted by molar-refractivity contribution is 7.12.